The summed E-state index contributed by atoms with van der Waals surface area (Å²) in [7, 11) is 0. The fourth-order valence-electron chi connectivity index (χ4n) is 1.38. The summed E-state index contributed by atoms with van der Waals surface area (Å²) < 4.78 is 1.83. The topological polar surface area (TPSA) is 98.8 Å². The number of anilines is 1. The van der Waals surface area contributed by atoms with Crippen LogP contribution in [0.4, 0.5) is 11.6 Å². The van der Waals surface area contributed by atoms with E-state index in [-0.39, 0.29) is 5.69 Å². The first-order chi connectivity index (χ1) is 8.75. The van der Waals surface area contributed by atoms with Crippen LogP contribution < -0.4 is 5.32 Å². The van der Waals surface area contributed by atoms with Gasteiger partial charge in [0.05, 0.1) is 4.92 Å². The maximum Gasteiger partial charge on any atom is 0.305 e. The summed E-state index contributed by atoms with van der Waals surface area (Å²) in [6.07, 6.45) is 6.85. The van der Waals surface area contributed by atoms with Gasteiger partial charge < -0.3 is 5.32 Å². The maximum atomic E-state index is 10.4. The first-order valence-corrected chi connectivity index (χ1v) is 5.43. The molecule has 0 aliphatic carbocycles. The van der Waals surface area contributed by atoms with Gasteiger partial charge >= 0.3 is 5.69 Å². The molecule has 0 aliphatic rings. The largest absolute Gasteiger partial charge is 0.354 e. The van der Waals surface area contributed by atoms with E-state index in [0.29, 0.717) is 12.5 Å². The zero-order valence-corrected chi connectivity index (χ0v) is 9.56. The van der Waals surface area contributed by atoms with Gasteiger partial charge in [-0.15, -0.1) is 0 Å². The highest BCUT2D eigenvalue weighted by atomic mass is 16.6. The van der Waals surface area contributed by atoms with Crippen molar-refractivity contribution in [1.82, 2.24) is 19.7 Å². The molecule has 94 valence electrons. The van der Waals surface area contributed by atoms with Crippen molar-refractivity contribution < 1.29 is 4.92 Å². The fraction of sp³-hybridized carbons (Fsp3) is 0.300. The Morgan fingerprint density at radius 1 is 1.39 bits per heavy atom. The van der Waals surface area contributed by atoms with Crippen LogP contribution in [0.5, 0.6) is 0 Å². The van der Waals surface area contributed by atoms with Crippen molar-refractivity contribution in [3.8, 4) is 0 Å². The van der Waals surface area contributed by atoms with Crippen LogP contribution in [0.1, 0.15) is 6.42 Å². The Hall–Kier alpha value is -2.51. The van der Waals surface area contributed by atoms with Crippen molar-refractivity contribution in [2.45, 2.75) is 13.0 Å². The molecule has 1 N–H and O–H groups in total. The molecule has 2 rings (SSSR count). The van der Waals surface area contributed by atoms with E-state index in [4.69, 9.17) is 0 Å². The van der Waals surface area contributed by atoms with Crippen LogP contribution in [-0.4, -0.2) is 31.2 Å². The molecule has 0 bridgehead atoms. The zero-order valence-electron chi connectivity index (χ0n) is 9.56. The molecule has 0 aliphatic heterocycles. The van der Waals surface area contributed by atoms with Crippen LogP contribution in [0.15, 0.2) is 30.9 Å². The lowest BCUT2D eigenvalue weighted by Crippen LogP contribution is -2.09. The van der Waals surface area contributed by atoms with Crippen LogP contribution >= 0.6 is 0 Å². The van der Waals surface area contributed by atoms with E-state index in [9.17, 15) is 10.1 Å². The SMILES string of the molecule is O=[N+]([O-])c1cnc(NCCCn2cccn2)nc1. The minimum absolute atomic E-state index is 0.114. The molecular formula is C10H12N6O2. The molecule has 0 fully saturated rings. The monoisotopic (exact) mass is 248 g/mol. The average Bonchev–Trinajstić information content (AvgIpc) is 2.88. The van der Waals surface area contributed by atoms with Gasteiger partial charge in [0.15, 0.2) is 0 Å². The standard InChI is InChI=1S/C10H12N6O2/c17-16(18)9-7-12-10(13-8-9)11-3-1-5-15-6-2-4-14-15/h2,4,6-8H,1,3,5H2,(H,11,12,13). The molecule has 0 spiro atoms. The van der Waals surface area contributed by atoms with E-state index in [1.54, 1.807) is 6.20 Å². The second kappa shape index (κ2) is 5.71. The Labute approximate surface area is 103 Å². The van der Waals surface area contributed by atoms with Gasteiger partial charge in [-0.05, 0) is 12.5 Å². The van der Waals surface area contributed by atoms with Crippen LogP contribution in [0.3, 0.4) is 0 Å². The summed E-state index contributed by atoms with van der Waals surface area (Å²) in [6.45, 7) is 1.48. The lowest BCUT2D eigenvalue weighted by molar-refractivity contribution is -0.385. The summed E-state index contributed by atoms with van der Waals surface area (Å²) in [5.74, 6) is 0.390. The number of aryl methyl sites for hydroxylation is 1. The zero-order chi connectivity index (χ0) is 12.8. The number of nitrogens with one attached hydrogen (secondary N) is 1. The molecule has 0 radical (unpaired) electrons. The fourth-order valence-corrected chi connectivity index (χ4v) is 1.38. The van der Waals surface area contributed by atoms with Crippen molar-refractivity contribution in [2.75, 3.05) is 11.9 Å². The third kappa shape index (κ3) is 3.24. The molecule has 18 heavy (non-hydrogen) atoms. The highest BCUT2D eigenvalue weighted by Gasteiger charge is 2.05. The molecule has 8 nitrogen and oxygen atoms in total. The second-order valence-corrected chi connectivity index (χ2v) is 3.57. The van der Waals surface area contributed by atoms with Crippen molar-refractivity contribution in [3.05, 3.63) is 41.0 Å². The van der Waals surface area contributed by atoms with E-state index >= 15 is 0 Å². The summed E-state index contributed by atoms with van der Waals surface area (Å²) in [5.41, 5.74) is -0.114. The summed E-state index contributed by atoms with van der Waals surface area (Å²) in [6, 6.07) is 1.87. The highest BCUT2D eigenvalue weighted by molar-refractivity contribution is 5.30. The molecule has 0 saturated heterocycles. The second-order valence-electron chi connectivity index (χ2n) is 3.57. The summed E-state index contributed by atoms with van der Waals surface area (Å²) in [5, 5.41) is 17.5. The molecule has 2 aromatic rings. The van der Waals surface area contributed by atoms with Gasteiger partial charge in [-0.2, -0.15) is 5.10 Å². The molecule has 2 aromatic heterocycles. The third-order valence-corrected chi connectivity index (χ3v) is 2.26. The van der Waals surface area contributed by atoms with Gasteiger partial charge in [-0.25, -0.2) is 9.97 Å². The lowest BCUT2D eigenvalue weighted by atomic mass is 10.4. The van der Waals surface area contributed by atoms with Gasteiger partial charge in [0.25, 0.3) is 0 Å². The smallest absolute Gasteiger partial charge is 0.305 e. The highest BCUT2D eigenvalue weighted by Crippen LogP contribution is 2.07. The number of nitrogens with zero attached hydrogens (tertiary/aromatic N) is 5. The molecule has 8 heteroatoms. The predicted molar refractivity (Wildman–Crippen MR) is 64.0 cm³/mol. The summed E-state index contributed by atoms with van der Waals surface area (Å²) in [4.78, 5) is 17.6. The predicted octanol–water partition coefficient (Wildman–Crippen LogP) is 1.08. The molecule has 0 saturated carbocycles. The normalized spacial score (nSPS) is 10.2. The van der Waals surface area contributed by atoms with E-state index in [0.717, 1.165) is 13.0 Å². The first kappa shape index (κ1) is 12.0. The number of aromatic nitrogens is 4. The minimum atomic E-state index is -0.526. The molecule has 0 atom stereocenters. The lowest BCUT2D eigenvalue weighted by Gasteiger charge is -2.04. The molecular weight excluding hydrogens is 236 g/mol. The quantitative estimate of drug-likeness (QED) is 0.466. The van der Waals surface area contributed by atoms with Crippen LogP contribution in [0.2, 0.25) is 0 Å². The van der Waals surface area contributed by atoms with Gasteiger partial charge in [0.1, 0.15) is 12.4 Å². The Morgan fingerprint density at radius 3 is 2.78 bits per heavy atom. The van der Waals surface area contributed by atoms with Gasteiger partial charge in [-0.3, -0.25) is 14.8 Å². The van der Waals surface area contributed by atoms with Gasteiger partial charge in [0, 0.05) is 25.5 Å². The Kier molecular flexibility index (Phi) is 3.79. The van der Waals surface area contributed by atoms with Crippen molar-refractivity contribution in [1.29, 1.82) is 0 Å². The number of rotatable bonds is 6. The van der Waals surface area contributed by atoms with Gasteiger partial charge in [0.2, 0.25) is 5.95 Å². The minimum Gasteiger partial charge on any atom is -0.354 e. The molecule has 2 heterocycles. The third-order valence-electron chi connectivity index (χ3n) is 2.26. The first-order valence-electron chi connectivity index (χ1n) is 5.43. The van der Waals surface area contributed by atoms with E-state index in [1.165, 1.54) is 12.4 Å². The molecule has 0 aromatic carbocycles. The van der Waals surface area contributed by atoms with Crippen molar-refractivity contribution >= 4 is 11.6 Å². The van der Waals surface area contributed by atoms with E-state index in [1.807, 2.05) is 16.9 Å². The Balaban J connectivity index is 1.75. The van der Waals surface area contributed by atoms with Crippen molar-refractivity contribution in [2.24, 2.45) is 0 Å². The van der Waals surface area contributed by atoms with Gasteiger partial charge in [-0.1, -0.05) is 0 Å². The summed E-state index contributed by atoms with van der Waals surface area (Å²) >= 11 is 0. The molecule has 0 amide bonds. The maximum absolute atomic E-state index is 10.4. The van der Waals surface area contributed by atoms with E-state index in [2.05, 4.69) is 20.4 Å². The van der Waals surface area contributed by atoms with Crippen LogP contribution in [0, 0.1) is 10.1 Å². The average molecular weight is 248 g/mol. The van der Waals surface area contributed by atoms with Crippen molar-refractivity contribution in [3.63, 3.8) is 0 Å². The number of hydrogen-bond donors (Lipinski definition) is 1. The Morgan fingerprint density at radius 2 is 2.17 bits per heavy atom. The Bertz CT molecular complexity index is 496. The van der Waals surface area contributed by atoms with E-state index < -0.39 is 4.92 Å². The number of hydrogen-bond acceptors (Lipinski definition) is 6. The van der Waals surface area contributed by atoms with Crippen LogP contribution in [0.25, 0.3) is 0 Å². The van der Waals surface area contributed by atoms with Crippen LogP contribution in [-0.2, 0) is 6.54 Å². The number of nitro groups is 1. The molecule has 0 unspecified atom stereocenters.